The molecule has 1 aliphatic carbocycles. The van der Waals surface area contributed by atoms with E-state index in [1.165, 1.54) is 0 Å². The van der Waals surface area contributed by atoms with Gasteiger partial charge in [-0.1, -0.05) is 67.3 Å². The van der Waals surface area contributed by atoms with E-state index in [1.807, 2.05) is 24.3 Å². The summed E-state index contributed by atoms with van der Waals surface area (Å²) in [5, 5.41) is 25.5. The largest absolute Gasteiger partial charge is 0.386 e. The van der Waals surface area contributed by atoms with E-state index < -0.39 is 12.0 Å². The number of piperidine rings is 1. The van der Waals surface area contributed by atoms with Crippen LogP contribution in [0.25, 0.3) is 0 Å². The molecule has 0 spiro atoms. The molecule has 9 N–H and O–H groups in total. The first-order chi connectivity index (χ1) is 19.7. The number of amidine groups is 2. The van der Waals surface area contributed by atoms with Crippen molar-refractivity contribution in [3.63, 3.8) is 0 Å². The van der Waals surface area contributed by atoms with Crippen molar-refractivity contribution in [2.45, 2.75) is 69.4 Å². The molecule has 10 heteroatoms. The molecule has 1 heterocycles. The van der Waals surface area contributed by atoms with Crippen molar-refractivity contribution in [2.75, 3.05) is 13.1 Å². The highest BCUT2D eigenvalue weighted by Crippen LogP contribution is 2.29. The minimum absolute atomic E-state index is 0.0108. The minimum Gasteiger partial charge on any atom is -0.386 e. The van der Waals surface area contributed by atoms with Gasteiger partial charge in [0, 0.05) is 17.1 Å². The maximum absolute atomic E-state index is 14.0. The molecule has 2 amide bonds. The molecule has 2 aliphatic rings. The quantitative estimate of drug-likeness (QED) is 0.159. The number of nitrogens with one attached hydrogen (secondary N) is 5. The van der Waals surface area contributed by atoms with Gasteiger partial charge < -0.3 is 27.4 Å². The number of nitrogen functional groups attached to an aromatic ring is 1. The molecule has 9 nitrogen and oxygen atoms in total. The van der Waals surface area contributed by atoms with Crippen LogP contribution in [0.5, 0.6) is 0 Å². The number of hydrogen-bond acceptors (Lipinski definition) is 5. The Labute approximate surface area is 247 Å². The number of rotatable bonds is 11. The Morgan fingerprint density at radius 3 is 2.39 bits per heavy atom. The van der Waals surface area contributed by atoms with Gasteiger partial charge in [0.2, 0.25) is 11.8 Å². The molecule has 220 valence electrons. The van der Waals surface area contributed by atoms with E-state index in [-0.39, 0.29) is 41.4 Å². The summed E-state index contributed by atoms with van der Waals surface area (Å²) in [6.45, 7) is 1.24. The van der Waals surface area contributed by atoms with Crippen LogP contribution in [0.2, 0.25) is 5.02 Å². The molecule has 3 unspecified atom stereocenters. The number of benzene rings is 2. The monoisotopic (exact) mass is 579 g/mol. The van der Waals surface area contributed by atoms with Crippen LogP contribution in [-0.2, 0) is 16.0 Å². The Bertz CT molecular complexity index is 1230. The Kier molecular flexibility index (Phi) is 10.8. The van der Waals surface area contributed by atoms with Crippen molar-refractivity contribution in [1.82, 2.24) is 16.0 Å². The van der Waals surface area contributed by atoms with Gasteiger partial charge in [-0.25, -0.2) is 0 Å². The van der Waals surface area contributed by atoms with Crippen molar-refractivity contribution in [3.05, 3.63) is 70.2 Å². The van der Waals surface area contributed by atoms with E-state index in [0.29, 0.717) is 30.0 Å². The van der Waals surface area contributed by atoms with Gasteiger partial charge in [0.15, 0.2) is 0 Å². The Balaban J connectivity index is 1.51. The second kappa shape index (κ2) is 14.5. The molecule has 2 aromatic carbocycles. The van der Waals surface area contributed by atoms with Crippen LogP contribution >= 0.6 is 11.6 Å². The number of carbonyl (C=O) groups is 2. The first-order valence-electron chi connectivity index (χ1n) is 14.6. The van der Waals surface area contributed by atoms with Gasteiger partial charge in [-0.3, -0.25) is 20.4 Å². The molecule has 4 rings (SSSR count). The first kappa shape index (κ1) is 30.5. The lowest BCUT2D eigenvalue weighted by atomic mass is 9.82. The van der Waals surface area contributed by atoms with E-state index in [0.717, 1.165) is 56.2 Å². The lowest BCUT2D eigenvalue weighted by molar-refractivity contribution is -0.131. The summed E-state index contributed by atoms with van der Waals surface area (Å²) in [7, 11) is 0. The van der Waals surface area contributed by atoms with Crippen LogP contribution in [0.4, 0.5) is 0 Å². The fourth-order valence-corrected chi connectivity index (χ4v) is 6.23. The van der Waals surface area contributed by atoms with Crippen molar-refractivity contribution >= 4 is 35.1 Å². The minimum atomic E-state index is -0.630. The maximum atomic E-state index is 14.0. The van der Waals surface area contributed by atoms with Gasteiger partial charge in [-0.15, -0.1) is 0 Å². The Hall–Kier alpha value is -3.43. The molecule has 0 aromatic heterocycles. The highest BCUT2D eigenvalue weighted by Gasteiger charge is 2.34. The zero-order chi connectivity index (χ0) is 29.4. The van der Waals surface area contributed by atoms with Crippen LogP contribution in [0, 0.1) is 22.7 Å². The topological polar surface area (TPSA) is 170 Å². The maximum Gasteiger partial charge on any atom is 0.242 e. The molecule has 2 aromatic rings. The summed E-state index contributed by atoms with van der Waals surface area (Å²) in [5.41, 5.74) is 13.6. The predicted octanol–water partition coefficient (Wildman–Crippen LogP) is 3.44. The number of halogens is 1. The first-order valence-corrected chi connectivity index (χ1v) is 14.9. The van der Waals surface area contributed by atoms with Gasteiger partial charge in [-0.2, -0.15) is 0 Å². The molecule has 41 heavy (non-hydrogen) atoms. The van der Waals surface area contributed by atoms with Gasteiger partial charge >= 0.3 is 0 Å². The van der Waals surface area contributed by atoms with Gasteiger partial charge in [-0.05, 0) is 73.7 Å². The van der Waals surface area contributed by atoms with Crippen molar-refractivity contribution in [3.8, 4) is 0 Å². The molecule has 1 saturated heterocycles. The van der Waals surface area contributed by atoms with E-state index in [2.05, 4.69) is 16.0 Å². The van der Waals surface area contributed by atoms with Crippen LogP contribution in [0.3, 0.4) is 0 Å². The summed E-state index contributed by atoms with van der Waals surface area (Å²) in [6.07, 6.45) is 7.02. The van der Waals surface area contributed by atoms with Crippen LogP contribution in [-0.4, -0.2) is 48.7 Å². The third-order valence-corrected chi connectivity index (χ3v) is 8.66. The molecule has 1 aliphatic heterocycles. The fourth-order valence-electron chi connectivity index (χ4n) is 6.03. The van der Waals surface area contributed by atoms with Crippen LogP contribution < -0.4 is 27.4 Å². The predicted molar refractivity (Wildman–Crippen MR) is 163 cm³/mol. The van der Waals surface area contributed by atoms with E-state index >= 15 is 0 Å². The lowest BCUT2D eigenvalue weighted by Crippen LogP contribution is -2.54. The van der Waals surface area contributed by atoms with Crippen LogP contribution in [0.15, 0.2) is 48.5 Å². The van der Waals surface area contributed by atoms with Crippen molar-refractivity contribution < 1.29 is 9.59 Å². The van der Waals surface area contributed by atoms with Crippen molar-refractivity contribution in [1.29, 1.82) is 10.8 Å². The van der Waals surface area contributed by atoms with Crippen molar-refractivity contribution in [2.24, 2.45) is 23.3 Å². The molecule has 1 saturated carbocycles. The van der Waals surface area contributed by atoms with Gasteiger partial charge in [0.05, 0.1) is 12.0 Å². The summed E-state index contributed by atoms with van der Waals surface area (Å²) in [4.78, 5) is 27.6. The zero-order valence-electron chi connectivity index (χ0n) is 23.4. The van der Waals surface area contributed by atoms with Gasteiger partial charge in [0.25, 0.3) is 0 Å². The average molecular weight is 580 g/mol. The Morgan fingerprint density at radius 1 is 1.00 bits per heavy atom. The standard InChI is InChI=1S/C31H42ClN7O2/c32-24-8-4-7-23(17-24)25(15-19-9-11-22(12-10-19)28(33)34)30(40)39-27(21-5-2-1-3-6-21)31(41)38-18-20-13-14-37-26(16-20)29(35)36/h4,7-12,17,20-21,25-27,37H,1-3,5-6,13-16,18H2,(H3,33,34)(H3,35,36)(H,38,41)(H,39,40)/t20?,25?,26?,27-/m0/s1. The molecule has 0 bridgehead atoms. The molecular weight excluding hydrogens is 538 g/mol. The fraction of sp³-hybridized carbons (Fsp3) is 0.484. The third-order valence-electron chi connectivity index (χ3n) is 8.43. The van der Waals surface area contributed by atoms with Gasteiger partial charge in [0.1, 0.15) is 17.7 Å². The molecule has 4 atom stereocenters. The SMILES string of the molecule is N=C(N)c1ccc(CC(C(=O)N[C@H](C(=O)NCC2CCNC(C(=N)N)C2)C2CCCCC2)c2cccc(Cl)c2)cc1. The van der Waals surface area contributed by atoms with E-state index in [1.54, 1.807) is 24.3 Å². The number of amides is 2. The number of nitrogens with two attached hydrogens (primary N) is 2. The second-order valence-corrected chi connectivity index (χ2v) is 11.8. The van der Waals surface area contributed by atoms with Crippen LogP contribution in [0.1, 0.15) is 67.6 Å². The van der Waals surface area contributed by atoms with E-state index in [4.69, 9.17) is 33.9 Å². The highest BCUT2D eigenvalue weighted by atomic mass is 35.5. The summed E-state index contributed by atoms with van der Waals surface area (Å²) < 4.78 is 0. The average Bonchev–Trinajstić information content (AvgIpc) is 2.98. The van der Waals surface area contributed by atoms with E-state index in [9.17, 15) is 9.59 Å². The smallest absolute Gasteiger partial charge is 0.242 e. The second-order valence-electron chi connectivity index (χ2n) is 11.4. The lowest BCUT2D eigenvalue weighted by Gasteiger charge is -2.33. The highest BCUT2D eigenvalue weighted by molar-refractivity contribution is 6.30. The Morgan fingerprint density at radius 2 is 1.73 bits per heavy atom. The summed E-state index contributed by atoms with van der Waals surface area (Å²) in [6, 6.07) is 13.8. The molecule has 2 fully saturated rings. The molecular formula is C31H42ClN7O2. The number of hydrogen-bond donors (Lipinski definition) is 7. The normalized spacial score (nSPS) is 20.9. The molecule has 0 radical (unpaired) electrons. The summed E-state index contributed by atoms with van der Waals surface area (Å²) >= 11 is 6.32. The zero-order valence-corrected chi connectivity index (χ0v) is 24.2. The summed E-state index contributed by atoms with van der Waals surface area (Å²) in [5.74, 6) is -0.531. The third kappa shape index (κ3) is 8.53. The number of carbonyl (C=O) groups excluding carboxylic acids is 2.